The lowest BCUT2D eigenvalue weighted by molar-refractivity contribution is -0.130. The van der Waals surface area contributed by atoms with Crippen LogP contribution >= 0.6 is 11.7 Å². The van der Waals surface area contributed by atoms with Crippen LogP contribution in [0.5, 0.6) is 28.7 Å². The van der Waals surface area contributed by atoms with Crippen LogP contribution in [0.2, 0.25) is 0 Å². The molecule has 0 fully saturated rings. The first-order valence-corrected chi connectivity index (χ1v) is 12.6. The van der Waals surface area contributed by atoms with Gasteiger partial charge in [-0.15, -0.1) is 0 Å². The zero-order chi connectivity index (χ0) is 27.5. The lowest BCUT2D eigenvalue weighted by atomic mass is 9.89. The number of benzene rings is 3. The highest BCUT2D eigenvalue weighted by atomic mass is 32.1. The molecule has 3 aromatic carbocycles. The van der Waals surface area contributed by atoms with Crippen LogP contribution in [0, 0.1) is 0 Å². The standard InChI is InChI=1S/C28H24N2O8S/c1-34-23-11-15(12-24(35-2)27(23)36-3)10-18(26(31)17-5-7-21-22(14-17)38-9-8-37-21)25(28(32)33)16-4-6-19-20(13-16)30-39-29-19/h4-7,11-14H,8-10H2,1-3H3,(H,32,33). The molecule has 1 aliphatic rings. The smallest absolute Gasteiger partial charge is 0.336 e. The van der Waals surface area contributed by atoms with Gasteiger partial charge >= 0.3 is 5.97 Å². The number of ether oxygens (including phenoxy) is 5. The Kier molecular flexibility index (Phi) is 7.33. The van der Waals surface area contributed by atoms with Crippen molar-refractivity contribution in [3.05, 3.63) is 70.8 Å². The number of carboxylic acids is 1. The first-order chi connectivity index (χ1) is 18.9. The summed E-state index contributed by atoms with van der Waals surface area (Å²) in [5, 5.41) is 10.4. The Morgan fingerprint density at radius 1 is 0.846 bits per heavy atom. The van der Waals surface area contributed by atoms with E-state index in [9.17, 15) is 14.7 Å². The number of Topliss-reactive ketones (excluding diaryl/α,β-unsaturated/α-hetero) is 1. The molecule has 1 N–H and O–H groups in total. The number of nitrogens with zero attached hydrogens (tertiary/aromatic N) is 2. The van der Waals surface area contributed by atoms with Crippen molar-refractivity contribution < 1.29 is 38.4 Å². The zero-order valence-corrected chi connectivity index (χ0v) is 22.2. The number of ketones is 1. The Bertz CT molecular complexity index is 1590. The average Bonchev–Trinajstić information content (AvgIpc) is 3.43. The zero-order valence-electron chi connectivity index (χ0n) is 21.3. The van der Waals surface area contributed by atoms with Crippen molar-refractivity contribution in [2.75, 3.05) is 34.5 Å². The van der Waals surface area contributed by atoms with E-state index in [1.54, 1.807) is 48.5 Å². The molecular formula is C28H24N2O8S. The van der Waals surface area contributed by atoms with E-state index < -0.39 is 11.8 Å². The summed E-state index contributed by atoms with van der Waals surface area (Å²) in [6, 6.07) is 13.1. The van der Waals surface area contributed by atoms with Crippen molar-refractivity contribution >= 4 is 40.1 Å². The van der Waals surface area contributed by atoms with Gasteiger partial charge in [-0.3, -0.25) is 4.79 Å². The molecule has 5 rings (SSSR count). The molecule has 0 bridgehead atoms. The highest BCUT2D eigenvalue weighted by Gasteiger charge is 2.27. The maximum absolute atomic E-state index is 14.1. The van der Waals surface area contributed by atoms with Crippen LogP contribution in [0.25, 0.3) is 16.6 Å². The van der Waals surface area contributed by atoms with Crippen molar-refractivity contribution in [1.82, 2.24) is 8.75 Å². The number of carboxylic acid groups (broad SMARTS) is 1. The minimum Gasteiger partial charge on any atom is -0.493 e. The minimum absolute atomic E-state index is 0.0427. The van der Waals surface area contributed by atoms with E-state index in [1.165, 1.54) is 21.3 Å². The number of allylic oxidation sites excluding steroid dienone is 1. The van der Waals surface area contributed by atoms with Gasteiger partial charge in [-0.25, -0.2) is 4.79 Å². The molecule has 4 aromatic rings. The first-order valence-electron chi connectivity index (χ1n) is 11.9. The molecule has 0 spiro atoms. The maximum Gasteiger partial charge on any atom is 0.336 e. The van der Waals surface area contributed by atoms with Gasteiger partial charge in [-0.05, 0) is 53.6 Å². The van der Waals surface area contributed by atoms with Crippen molar-refractivity contribution in [3.63, 3.8) is 0 Å². The molecule has 0 unspecified atom stereocenters. The van der Waals surface area contributed by atoms with Gasteiger partial charge in [-0.2, -0.15) is 8.75 Å². The number of aromatic nitrogens is 2. The van der Waals surface area contributed by atoms with Crippen LogP contribution in [0.4, 0.5) is 0 Å². The predicted octanol–water partition coefficient (Wildman–Crippen LogP) is 4.45. The van der Waals surface area contributed by atoms with Crippen molar-refractivity contribution in [3.8, 4) is 28.7 Å². The topological polar surface area (TPSA) is 126 Å². The molecule has 11 heteroatoms. The Hall–Kier alpha value is -4.64. The van der Waals surface area contributed by atoms with Gasteiger partial charge in [0.2, 0.25) is 5.75 Å². The maximum atomic E-state index is 14.1. The number of aliphatic carboxylic acids is 1. The molecule has 1 aliphatic heterocycles. The predicted molar refractivity (Wildman–Crippen MR) is 144 cm³/mol. The van der Waals surface area contributed by atoms with Crippen molar-refractivity contribution in [2.24, 2.45) is 0 Å². The molecule has 200 valence electrons. The molecule has 0 amide bonds. The lowest BCUT2D eigenvalue weighted by Gasteiger charge is -2.19. The molecule has 0 aliphatic carbocycles. The molecule has 0 atom stereocenters. The van der Waals surface area contributed by atoms with E-state index in [4.69, 9.17) is 23.7 Å². The Morgan fingerprint density at radius 2 is 1.51 bits per heavy atom. The molecular weight excluding hydrogens is 524 g/mol. The lowest BCUT2D eigenvalue weighted by Crippen LogP contribution is -2.17. The second kappa shape index (κ2) is 11.0. The fraction of sp³-hybridized carbons (Fsp3) is 0.214. The SMILES string of the molecule is COc1cc(CC(C(=O)c2ccc3c(c2)OCCO3)=C(C(=O)O)c2ccc3nsnc3c2)cc(OC)c1OC. The second-order valence-electron chi connectivity index (χ2n) is 8.52. The summed E-state index contributed by atoms with van der Waals surface area (Å²) in [7, 11) is 4.46. The van der Waals surface area contributed by atoms with Crippen molar-refractivity contribution in [1.29, 1.82) is 0 Å². The minimum atomic E-state index is -1.26. The highest BCUT2D eigenvalue weighted by molar-refractivity contribution is 7.00. The van der Waals surface area contributed by atoms with E-state index in [0.29, 0.717) is 64.1 Å². The van der Waals surface area contributed by atoms with Gasteiger partial charge in [0.15, 0.2) is 28.8 Å². The van der Waals surface area contributed by atoms with E-state index in [2.05, 4.69) is 8.75 Å². The summed E-state index contributed by atoms with van der Waals surface area (Å²) < 4.78 is 36.0. The molecule has 1 aromatic heterocycles. The van der Waals surface area contributed by atoms with E-state index in [0.717, 1.165) is 11.7 Å². The number of carbonyl (C=O) groups excluding carboxylic acids is 1. The van der Waals surface area contributed by atoms with Gasteiger partial charge in [0.1, 0.15) is 24.2 Å². The fourth-order valence-corrected chi connectivity index (χ4v) is 4.96. The van der Waals surface area contributed by atoms with Crippen LogP contribution in [0.3, 0.4) is 0 Å². The summed E-state index contributed by atoms with van der Waals surface area (Å²) in [5.41, 5.74) is 2.25. The molecule has 0 saturated heterocycles. The molecule has 0 saturated carbocycles. The van der Waals surface area contributed by atoms with Gasteiger partial charge < -0.3 is 28.8 Å². The number of hydrogen-bond donors (Lipinski definition) is 1. The Labute approximate surface area is 227 Å². The van der Waals surface area contributed by atoms with E-state index >= 15 is 0 Å². The van der Waals surface area contributed by atoms with Crippen LogP contribution in [0.1, 0.15) is 21.5 Å². The monoisotopic (exact) mass is 548 g/mol. The van der Waals surface area contributed by atoms with Gasteiger partial charge in [-0.1, -0.05) is 6.07 Å². The van der Waals surface area contributed by atoms with Crippen LogP contribution in [-0.2, 0) is 11.2 Å². The number of carbonyl (C=O) groups is 2. The van der Waals surface area contributed by atoms with Crippen LogP contribution in [-0.4, -0.2) is 60.1 Å². The number of fused-ring (bicyclic) bond motifs is 2. The number of methoxy groups -OCH3 is 3. The molecule has 2 heterocycles. The summed E-state index contributed by atoms with van der Waals surface area (Å²) in [5.74, 6) is 0.349. The summed E-state index contributed by atoms with van der Waals surface area (Å²) >= 11 is 1.02. The Morgan fingerprint density at radius 3 is 2.18 bits per heavy atom. The molecule has 10 nitrogen and oxygen atoms in total. The third kappa shape index (κ3) is 5.08. The molecule has 0 radical (unpaired) electrons. The normalized spacial score (nSPS) is 13.0. The van der Waals surface area contributed by atoms with Gasteiger partial charge in [0, 0.05) is 17.6 Å². The van der Waals surface area contributed by atoms with Crippen LogP contribution in [0.15, 0.2) is 54.1 Å². The number of hydrogen-bond acceptors (Lipinski definition) is 10. The largest absolute Gasteiger partial charge is 0.493 e. The van der Waals surface area contributed by atoms with E-state index in [1.807, 2.05) is 0 Å². The molecule has 39 heavy (non-hydrogen) atoms. The van der Waals surface area contributed by atoms with Gasteiger partial charge in [0.25, 0.3) is 0 Å². The van der Waals surface area contributed by atoms with Gasteiger partial charge in [0.05, 0.1) is 38.6 Å². The fourth-order valence-electron chi connectivity index (χ4n) is 4.45. The highest BCUT2D eigenvalue weighted by Crippen LogP contribution is 2.40. The number of rotatable bonds is 9. The third-order valence-electron chi connectivity index (χ3n) is 6.24. The third-order valence-corrected chi connectivity index (χ3v) is 6.80. The summed E-state index contributed by atoms with van der Waals surface area (Å²) in [6.45, 7) is 0.755. The summed E-state index contributed by atoms with van der Waals surface area (Å²) in [4.78, 5) is 26.8. The average molecular weight is 549 g/mol. The quantitative estimate of drug-likeness (QED) is 0.237. The summed E-state index contributed by atoms with van der Waals surface area (Å²) in [6.07, 6.45) is -0.0427. The van der Waals surface area contributed by atoms with E-state index in [-0.39, 0.29) is 23.1 Å². The Balaban J connectivity index is 1.70. The first kappa shape index (κ1) is 26.0. The van der Waals surface area contributed by atoms with Crippen LogP contribution < -0.4 is 23.7 Å². The van der Waals surface area contributed by atoms with Crippen molar-refractivity contribution in [2.45, 2.75) is 6.42 Å². The second-order valence-corrected chi connectivity index (χ2v) is 9.05.